The van der Waals surface area contributed by atoms with Gasteiger partial charge in [-0.25, -0.2) is 13.0 Å². The van der Waals surface area contributed by atoms with Crippen molar-refractivity contribution in [1.82, 2.24) is 4.31 Å². The number of halogens is 19. The quantitative estimate of drug-likeness (QED) is 0.140. The van der Waals surface area contributed by atoms with Gasteiger partial charge < -0.3 is 14.5 Å². The van der Waals surface area contributed by atoms with E-state index >= 15 is 0 Å². The summed E-state index contributed by atoms with van der Waals surface area (Å²) in [5.74, 6) is -25.2. The van der Waals surface area contributed by atoms with E-state index in [4.69, 9.17) is 9.79 Å². The van der Waals surface area contributed by atoms with E-state index in [1.54, 1.807) is 0 Å². The number of ether oxygens (including phenoxy) is 1. The fraction of sp³-hybridized carbons (Fsp3) is 0.579. The Kier molecular flexibility index (Phi) is 11.7. The van der Waals surface area contributed by atoms with Crippen molar-refractivity contribution < 1.29 is 115 Å². The molecule has 48 heavy (non-hydrogen) atoms. The van der Waals surface area contributed by atoms with Crippen molar-refractivity contribution in [2.75, 3.05) is 20.2 Å². The summed E-state index contributed by atoms with van der Waals surface area (Å²) in [5, 5.41) is 0. The van der Waals surface area contributed by atoms with Crippen LogP contribution in [-0.2, 0) is 19.1 Å². The molecule has 0 saturated carbocycles. The number of benzene rings is 1. The number of hydrogen-bond donors (Lipinski definition) is 2. The summed E-state index contributed by atoms with van der Waals surface area (Å²) in [6.45, 7) is -1.98. The SMILES string of the molecule is CN(CCOP(=O)(O)O)S(=O)(=O)c1ccc(OC(=C(C(F)(F)F)C(C(F)(F)F)(C(F)(F)C(F)(F)F)C(F)(F)C(F)(F)F)C(F)(F)F)cc1. The maximum absolute atomic E-state index is 14.3. The number of phosphoric ester groups is 1. The Morgan fingerprint density at radius 1 is 0.708 bits per heavy atom. The van der Waals surface area contributed by atoms with Crippen LogP contribution < -0.4 is 4.74 Å². The van der Waals surface area contributed by atoms with Crippen molar-refractivity contribution in [3.63, 3.8) is 0 Å². The Bertz CT molecular complexity index is 1460. The lowest BCUT2D eigenvalue weighted by molar-refractivity contribution is -0.457. The highest BCUT2D eigenvalue weighted by Crippen LogP contribution is 2.72. The highest BCUT2D eigenvalue weighted by molar-refractivity contribution is 7.89. The van der Waals surface area contributed by atoms with Crippen LogP contribution in [0.2, 0.25) is 0 Å². The first-order chi connectivity index (χ1) is 20.8. The zero-order valence-corrected chi connectivity index (χ0v) is 23.9. The van der Waals surface area contributed by atoms with E-state index in [9.17, 15) is 96.4 Å². The minimum Gasteiger partial charge on any atom is -0.452 e. The highest BCUT2D eigenvalue weighted by Gasteiger charge is 2.96. The Hall–Kier alpha value is -2.55. The first-order valence-corrected chi connectivity index (χ1v) is 14.1. The summed E-state index contributed by atoms with van der Waals surface area (Å²) in [5.41, 5.74) is -15.1. The number of hydrogen-bond acceptors (Lipinski definition) is 5. The number of nitrogens with zero attached hydrogens (tertiary/aromatic N) is 1. The zero-order valence-electron chi connectivity index (χ0n) is 22.1. The summed E-state index contributed by atoms with van der Waals surface area (Å²) < 4.78 is 304. The highest BCUT2D eigenvalue weighted by atomic mass is 32.2. The normalized spacial score (nSPS) is 15.9. The van der Waals surface area contributed by atoms with Crippen LogP contribution in [-0.4, -0.2) is 85.4 Å². The first kappa shape index (κ1) is 43.5. The van der Waals surface area contributed by atoms with Gasteiger partial charge in [-0.05, 0) is 24.3 Å². The second-order valence-electron chi connectivity index (χ2n) is 8.82. The summed E-state index contributed by atoms with van der Waals surface area (Å²) in [6, 6.07) is -0.604. The molecule has 29 heteroatoms. The molecule has 0 radical (unpaired) electrons. The Balaban J connectivity index is 4.26. The molecule has 1 rings (SSSR count). The van der Waals surface area contributed by atoms with Crippen LogP contribution in [0.15, 0.2) is 40.5 Å². The maximum Gasteiger partial charge on any atom is 0.469 e. The largest absolute Gasteiger partial charge is 0.469 e. The van der Waals surface area contributed by atoms with Crippen LogP contribution in [0, 0.1) is 5.41 Å². The molecule has 0 amide bonds. The van der Waals surface area contributed by atoms with Gasteiger partial charge in [-0.1, -0.05) is 0 Å². The average molecular weight is 791 g/mol. The third-order valence-electron chi connectivity index (χ3n) is 5.64. The van der Waals surface area contributed by atoms with Crippen molar-refractivity contribution in [2.24, 2.45) is 5.41 Å². The number of rotatable bonds is 11. The molecule has 0 heterocycles. The number of sulfonamides is 1. The monoisotopic (exact) mass is 791 g/mol. The molecule has 280 valence electrons. The molecule has 0 unspecified atom stereocenters. The van der Waals surface area contributed by atoms with Gasteiger partial charge in [0.2, 0.25) is 21.2 Å². The molecule has 0 aliphatic heterocycles. The molecule has 0 bridgehead atoms. The van der Waals surface area contributed by atoms with E-state index in [-0.39, 0.29) is 28.6 Å². The molecule has 1 aromatic carbocycles. The Labute approximate surface area is 253 Å². The standard InChI is InChI=1S/C19H13F19NO7PS/c1-39(6-7-45-47(40,41)42)48(43,44)9-4-2-8(3-5-9)46-11(14(23,24)25)10(13(20,21)22)12(17(30,31)32,15(26,27)18(33,34)35)16(28,29)19(36,37)38/h2-5H,6-7H2,1H3,(H2,40,41,42). The van der Waals surface area contributed by atoms with Gasteiger partial charge in [-0.2, -0.15) is 87.7 Å². The predicted octanol–water partition coefficient (Wildman–Crippen LogP) is 7.12. The van der Waals surface area contributed by atoms with Crippen molar-refractivity contribution in [3.05, 3.63) is 35.6 Å². The molecular weight excluding hydrogens is 778 g/mol. The van der Waals surface area contributed by atoms with Gasteiger partial charge in [0.25, 0.3) is 0 Å². The average Bonchev–Trinajstić information content (AvgIpc) is 2.81. The fourth-order valence-electron chi connectivity index (χ4n) is 3.58. The molecule has 0 aliphatic carbocycles. The summed E-state index contributed by atoms with van der Waals surface area (Å²) in [4.78, 5) is 15.9. The van der Waals surface area contributed by atoms with E-state index in [0.717, 1.165) is 0 Å². The minimum atomic E-state index is -9.20. The number of allylic oxidation sites excluding steroid dienone is 2. The van der Waals surface area contributed by atoms with E-state index in [2.05, 4.69) is 9.26 Å². The van der Waals surface area contributed by atoms with Gasteiger partial charge in [-0.15, -0.1) is 0 Å². The van der Waals surface area contributed by atoms with Gasteiger partial charge in [0, 0.05) is 13.6 Å². The lowest BCUT2D eigenvalue weighted by Crippen LogP contribution is -2.73. The van der Waals surface area contributed by atoms with E-state index < -0.39 is 101 Å². The molecule has 8 nitrogen and oxygen atoms in total. The molecule has 0 aliphatic rings. The molecule has 1 aromatic rings. The smallest absolute Gasteiger partial charge is 0.452 e. The van der Waals surface area contributed by atoms with E-state index in [1.165, 1.54) is 0 Å². The van der Waals surface area contributed by atoms with Crippen LogP contribution in [0.25, 0.3) is 0 Å². The molecule has 0 fully saturated rings. The summed E-state index contributed by atoms with van der Waals surface area (Å²) >= 11 is 0. The molecule has 0 atom stereocenters. The van der Waals surface area contributed by atoms with Gasteiger partial charge >= 0.3 is 50.5 Å². The summed E-state index contributed by atoms with van der Waals surface area (Å²) in [7, 11) is -9.48. The Morgan fingerprint density at radius 2 is 1.10 bits per heavy atom. The lowest BCUT2D eigenvalue weighted by atomic mass is 9.66. The predicted molar refractivity (Wildman–Crippen MR) is 115 cm³/mol. The molecular formula is C19H13F19NO7PS. The maximum atomic E-state index is 14.3. The van der Waals surface area contributed by atoms with Crippen molar-refractivity contribution in [2.45, 2.75) is 47.6 Å². The second kappa shape index (κ2) is 13.0. The number of alkyl halides is 19. The van der Waals surface area contributed by atoms with Gasteiger partial charge in [0.1, 0.15) is 11.3 Å². The third kappa shape index (κ3) is 8.24. The minimum absolute atomic E-state index is 0.0160. The fourth-order valence-corrected chi connectivity index (χ4v) is 5.06. The molecule has 0 aromatic heterocycles. The van der Waals surface area contributed by atoms with E-state index in [1.807, 2.05) is 0 Å². The molecule has 2 N–H and O–H groups in total. The second-order valence-corrected chi connectivity index (χ2v) is 12.1. The van der Waals surface area contributed by atoms with Crippen molar-refractivity contribution >= 4 is 17.8 Å². The van der Waals surface area contributed by atoms with Crippen LogP contribution in [0.4, 0.5) is 83.4 Å². The van der Waals surface area contributed by atoms with Crippen LogP contribution in [0.5, 0.6) is 5.75 Å². The Morgan fingerprint density at radius 3 is 1.40 bits per heavy atom. The third-order valence-corrected chi connectivity index (χ3v) is 8.03. The zero-order chi connectivity index (χ0) is 38.5. The van der Waals surface area contributed by atoms with Crippen molar-refractivity contribution in [3.8, 4) is 5.75 Å². The topological polar surface area (TPSA) is 113 Å². The van der Waals surface area contributed by atoms with Gasteiger partial charge in [-0.3, -0.25) is 4.52 Å². The van der Waals surface area contributed by atoms with E-state index in [0.29, 0.717) is 7.05 Å². The van der Waals surface area contributed by atoms with Gasteiger partial charge in [0.05, 0.1) is 11.5 Å². The van der Waals surface area contributed by atoms with Crippen LogP contribution >= 0.6 is 7.82 Å². The van der Waals surface area contributed by atoms with Crippen LogP contribution in [0.1, 0.15) is 0 Å². The number of phosphoric acid groups is 1. The van der Waals surface area contributed by atoms with Crippen molar-refractivity contribution in [1.29, 1.82) is 0 Å². The lowest BCUT2D eigenvalue weighted by Gasteiger charge is -2.48. The van der Waals surface area contributed by atoms with Crippen LogP contribution in [0.3, 0.4) is 0 Å². The molecule has 0 spiro atoms. The molecule has 0 saturated heterocycles. The van der Waals surface area contributed by atoms with Gasteiger partial charge in [0.15, 0.2) is 0 Å². The summed E-state index contributed by atoms with van der Waals surface area (Å²) in [6.07, 6.45) is -41.7. The first-order valence-electron chi connectivity index (χ1n) is 11.1. The number of likely N-dealkylation sites (N-methyl/N-ethyl adjacent to an activating group) is 1.